The van der Waals surface area contributed by atoms with Crippen LogP contribution in [0.15, 0.2) is 47.5 Å². The number of hydrogen-bond donors (Lipinski definition) is 1. The minimum absolute atomic E-state index is 0.0621. The lowest BCUT2D eigenvalue weighted by atomic mass is 10.1. The predicted octanol–water partition coefficient (Wildman–Crippen LogP) is 3.86. The summed E-state index contributed by atoms with van der Waals surface area (Å²) in [5.74, 6) is -1.10. The second-order valence-corrected chi connectivity index (χ2v) is 7.86. The monoisotopic (exact) mass is 480 g/mol. The van der Waals surface area contributed by atoms with Crippen LogP contribution in [0.3, 0.4) is 0 Å². The highest BCUT2D eigenvalue weighted by molar-refractivity contribution is 6.31. The van der Waals surface area contributed by atoms with Crippen molar-refractivity contribution in [1.29, 1.82) is 0 Å². The van der Waals surface area contributed by atoms with Crippen LogP contribution < -0.4 is 10.9 Å². The zero-order chi connectivity index (χ0) is 24.3. The summed E-state index contributed by atoms with van der Waals surface area (Å²) in [6, 6.07) is 8.25. The van der Waals surface area contributed by atoms with Crippen LogP contribution in [0.5, 0.6) is 0 Å². The zero-order valence-corrected chi connectivity index (χ0v) is 18.5. The molecule has 2 amide bonds. The van der Waals surface area contributed by atoms with E-state index in [1.54, 1.807) is 12.1 Å². The van der Waals surface area contributed by atoms with E-state index in [9.17, 15) is 27.6 Å². The Labute approximate surface area is 191 Å². The Balaban J connectivity index is 1.60. The number of benzene rings is 2. The molecule has 2 aromatic carbocycles. The molecule has 0 aliphatic rings. The van der Waals surface area contributed by atoms with Gasteiger partial charge in [0.15, 0.2) is 0 Å². The van der Waals surface area contributed by atoms with Gasteiger partial charge in [0.2, 0.25) is 11.8 Å². The normalized spacial score (nSPS) is 11.5. The van der Waals surface area contributed by atoms with Crippen LogP contribution in [0, 0.1) is 6.92 Å². The summed E-state index contributed by atoms with van der Waals surface area (Å²) in [5.41, 5.74) is 0.00847. The number of halogens is 4. The van der Waals surface area contributed by atoms with Crippen molar-refractivity contribution in [3.05, 3.63) is 69.2 Å². The highest BCUT2D eigenvalue weighted by atomic mass is 35.5. The van der Waals surface area contributed by atoms with E-state index in [0.717, 1.165) is 22.6 Å². The molecule has 1 N–H and O–H groups in total. The fraction of sp³-hybridized carbons (Fsp3) is 0.273. The summed E-state index contributed by atoms with van der Waals surface area (Å²) in [5, 5.41) is 2.28. The Morgan fingerprint density at radius 1 is 1.21 bits per heavy atom. The summed E-state index contributed by atoms with van der Waals surface area (Å²) in [4.78, 5) is 42.6. The first-order valence-corrected chi connectivity index (χ1v) is 10.2. The van der Waals surface area contributed by atoms with E-state index in [4.69, 9.17) is 11.6 Å². The number of anilines is 1. The molecule has 0 fully saturated rings. The number of likely N-dealkylation sites (N-methyl/N-ethyl adjacent to an activating group) is 1. The molecule has 11 heteroatoms. The predicted molar refractivity (Wildman–Crippen MR) is 118 cm³/mol. The Kier molecular flexibility index (Phi) is 7.06. The first-order chi connectivity index (χ1) is 15.5. The summed E-state index contributed by atoms with van der Waals surface area (Å²) in [7, 11) is 1.38. The molecule has 0 spiro atoms. The number of nitrogens with one attached hydrogen (secondary N) is 1. The third-order valence-electron chi connectivity index (χ3n) is 4.98. The number of carbonyl (C=O) groups excluding carboxylic acids is 2. The summed E-state index contributed by atoms with van der Waals surface area (Å²) in [6.45, 7) is 1.52. The second-order valence-electron chi connectivity index (χ2n) is 7.45. The number of carbonyl (C=O) groups is 2. The van der Waals surface area contributed by atoms with E-state index in [0.29, 0.717) is 10.9 Å². The lowest BCUT2D eigenvalue weighted by Gasteiger charge is -2.18. The summed E-state index contributed by atoms with van der Waals surface area (Å²) >= 11 is 5.57. The molecule has 1 heterocycles. The smallest absolute Gasteiger partial charge is 0.336 e. The Morgan fingerprint density at radius 2 is 1.94 bits per heavy atom. The van der Waals surface area contributed by atoms with Gasteiger partial charge in [-0.15, -0.1) is 0 Å². The number of nitrogens with zero attached hydrogens (tertiary/aromatic N) is 3. The van der Waals surface area contributed by atoms with Crippen LogP contribution in [0.2, 0.25) is 5.02 Å². The third kappa shape index (κ3) is 5.70. The summed E-state index contributed by atoms with van der Waals surface area (Å²) in [6.07, 6.45) is -3.36. The molecule has 7 nitrogen and oxygen atoms in total. The van der Waals surface area contributed by atoms with Crippen molar-refractivity contribution in [2.75, 3.05) is 18.9 Å². The first kappa shape index (κ1) is 24.2. The molecule has 0 radical (unpaired) electrons. The SMILES string of the molecule is Cc1cccc2c(=O)n(CCC(=O)N(C)CC(=O)Nc3ccc(Cl)c(C(F)(F)F)c3)cnc12. The maximum atomic E-state index is 13.0. The quantitative estimate of drug-likeness (QED) is 0.580. The minimum atomic E-state index is -4.67. The standard InChI is InChI=1S/C22H20ClF3N4O3/c1-13-4-3-5-15-20(13)27-12-30(21(15)33)9-8-19(32)29(2)11-18(31)28-14-6-7-17(23)16(10-14)22(24,25)26/h3-7,10,12H,8-9,11H2,1-2H3,(H,28,31). The minimum Gasteiger partial charge on any atom is -0.336 e. The average Bonchev–Trinajstić information content (AvgIpc) is 2.74. The molecule has 0 atom stereocenters. The maximum Gasteiger partial charge on any atom is 0.417 e. The van der Waals surface area contributed by atoms with E-state index >= 15 is 0 Å². The van der Waals surface area contributed by atoms with E-state index in [2.05, 4.69) is 10.3 Å². The Hall–Kier alpha value is -3.40. The van der Waals surface area contributed by atoms with Gasteiger partial charge in [-0.05, 0) is 36.8 Å². The van der Waals surface area contributed by atoms with Crippen LogP contribution in [-0.4, -0.2) is 39.9 Å². The molecule has 0 saturated carbocycles. The Morgan fingerprint density at radius 3 is 2.64 bits per heavy atom. The van der Waals surface area contributed by atoms with Crippen LogP contribution >= 0.6 is 11.6 Å². The van der Waals surface area contributed by atoms with E-state index < -0.39 is 28.6 Å². The van der Waals surface area contributed by atoms with Gasteiger partial charge in [0.25, 0.3) is 5.56 Å². The van der Waals surface area contributed by atoms with Gasteiger partial charge in [-0.25, -0.2) is 4.98 Å². The number of hydrogen-bond acceptors (Lipinski definition) is 4. The number of alkyl halides is 3. The van der Waals surface area contributed by atoms with Gasteiger partial charge in [0.05, 0.1) is 34.4 Å². The van der Waals surface area contributed by atoms with Crippen molar-refractivity contribution in [1.82, 2.24) is 14.5 Å². The number of fused-ring (bicyclic) bond motifs is 1. The van der Waals surface area contributed by atoms with Crippen molar-refractivity contribution in [2.45, 2.75) is 26.1 Å². The van der Waals surface area contributed by atoms with Gasteiger partial charge in [-0.3, -0.25) is 19.0 Å². The topological polar surface area (TPSA) is 84.3 Å². The maximum absolute atomic E-state index is 13.0. The molecule has 1 aromatic heterocycles. The fourth-order valence-corrected chi connectivity index (χ4v) is 3.45. The summed E-state index contributed by atoms with van der Waals surface area (Å²) < 4.78 is 40.2. The molecule has 0 aliphatic carbocycles. The molecule has 3 rings (SSSR count). The van der Waals surface area contributed by atoms with Gasteiger partial charge in [-0.2, -0.15) is 13.2 Å². The van der Waals surface area contributed by atoms with Gasteiger partial charge in [0.1, 0.15) is 0 Å². The molecule has 0 bridgehead atoms. The third-order valence-corrected chi connectivity index (χ3v) is 5.31. The number of rotatable bonds is 6. The fourth-order valence-electron chi connectivity index (χ4n) is 3.23. The van der Waals surface area contributed by atoms with Gasteiger partial charge >= 0.3 is 6.18 Å². The van der Waals surface area contributed by atoms with Crippen LogP contribution in [-0.2, 0) is 22.3 Å². The number of aryl methyl sites for hydroxylation is 2. The van der Waals surface area contributed by atoms with E-state index in [1.807, 2.05) is 13.0 Å². The van der Waals surface area contributed by atoms with Crippen LogP contribution in [0.4, 0.5) is 18.9 Å². The molecule has 0 unspecified atom stereocenters. The van der Waals surface area contributed by atoms with Crippen LogP contribution in [0.1, 0.15) is 17.5 Å². The van der Waals surface area contributed by atoms with Crippen LogP contribution in [0.25, 0.3) is 10.9 Å². The van der Waals surface area contributed by atoms with Crippen molar-refractivity contribution in [2.24, 2.45) is 0 Å². The number of aromatic nitrogens is 2. The van der Waals surface area contributed by atoms with E-state index in [1.165, 1.54) is 24.0 Å². The largest absolute Gasteiger partial charge is 0.417 e. The molecule has 0 saturated heterocycles. The lowest BCUT2D eigenvalue weighted by Crippen LogP contribution is -2.36. The lowest BCUT2D eigenvalue weighted by molar-refractivity contribution is -0.137. The molecule has 3 aromatic rings. The first-order valence-electron chi connectivity index (χ1n) is 9.82. The molecule has 0 aliphatic heterocycles. The number of para-hydroxylation sites is 1. The van der Waals surface area contributed by atoms with Gasteiger partial charge in [0, 0.05) is 25.7 Å². The Bertz CT molecular complexity index is 1270. The van der Waals surface area contributed by atoms with Gasteiger partial charge in [-0.1, -0.05) is 23.7 Å². The molecular formula is C22H20ClF3N4O3. The second kappa shape index (κ2) is 9.62. The van der Waals surface area contributed by atoms with Crippen molar-refractivity contribution < 1.29 is 22.8 Å². The van der Waals surface area contributed by atoms with Gasteiger partial charge < -0.3 is 10.2 Å². The molecule has 33 heavy (non-hydrogen) atoms. The molecule has 174 valence electrons. The van der Waals surface area contributed by atoms with Crippen molar-refractivity contribution in [3.63, 3.8) is 0 Å². The average molecular weight is 481 g/mol. The van der Waals surface area contributed by atoms with Crippen molar-refractivity contribution in [3.8, 4) is 0 Å². The highest BCUT2D eigenvalue weighted by Crippen LogP contribution is 2.36. The number of amides is 2. The molecular weight excluding hydrogens is 461 g/mol. The van der Waals surface area contributed by atoms with Crippen molar-refractivity contribution >= 4 is 40.0 Å². The highest BCUT2D eigenvalue weighted by Gasteiger charge is 2.33. The van der Waals surface area contributed by atoms with E-state index in [-0.39, 0.29) is 30.8 Å². The zero-order valence-electron chi connectivity index (χ0n) is 17.7.